The van der Waals surface area contributed by atoms with Crippen molar-refractivity contribution in [2.75, 3.05) is 25.6 Å². The Morgan fingerprint density at radius 2 is 2.24 bits per heavy atom. The summed E-state index contributed by atoms with van der Waals surface area (Å²) in [7, 11) is 1.63. The molecule has 0 atom stereocenters. The Morgan fingerprint density at radius 1 is 1.43 bits per heavy atom. The van der Waals surface area contributed by atoms with E-state index in [1.165, 1.54) is 11.3 Å². The molecule has 0 spiro atoms. The summed E-state index contributed by atoms with van der Waals surface area (Å²) in [5.74, 6) is 0.782. The van der Waals surface area contributed by atoms with Crippen molar-refractivity contribution in [3.63, 3.8) is 0 Å². The number of aromatic nitrogens is 1. The van der Waals surface area contributed by atoms with Gasteiger partial charge in [0, 0.05) is 19.3 Å². The second-order valence-electron chi connectivity index (χ2n) is 4.84. The number of rotatable bonds is 3. The molecule has 7 heteroatoms. The molecule has 2 heterocycles. The topological polar surface area (TPSA) is 72.5 Å². The number of nitrogens with zero attached hydrogens (tertiary/aromatic N) is 1. The summed E-state index contributed by atoms with van der Waals surface area (Å²) in [4.78, 5) is 16.3. The van der Waals surface area contributed by atoms with Gasteiger partial charge in [-0.25, -0.2) is 9.78 Å². The molecule has 0 bridgehead atoms. The molecule has 1 aromatic heterocycles. The first-order valence-electron chi connectivity index (χ1n) is 6.84. The van der Waals surface area contributed by atoms with Gasteiger partial charge in [-0.2, -0.15) is 0 Å². The number of anilines is 1. The van der Waals surface area contributed by atoms with Gasteiger partial charge in [0.15, 0.2) is 5.13 Å². The number of benzene rings is 1. The summed E-state index contributed by atoms with van der Waals surface area (Å²) in [5, 5.41) is 6.32. The fourth-order valence-electron chi connectivity index (χ4n) is 2.25. The van der Waals surface area contributed by atoms with Gasteiger partial charge in [-0.1, -0.05) is 11.3 Å². The van der Waals surface area contributed by atoms with Gasteiger partial charge in [0.25, 0.3) is 0 Å². The molecule has 0 radical (unpaired) electrons. The van der Waals surface area contributed by atoms with Crippen molar-refractivity contribution in [3.05, 3.63) is 18.2 Å². The second kappa shape index (κ2) is 6.28. The van der Waals surface area contributed by atoms with Gasteiger partial charge in [0.2, 0.25) is 0 Å². The Hall–Kier alpha value is -1.86. The third-order valence-electron chi connectivity index (χ3n) is 3.37. The predicted octanol–water partition coefficient (Wildman–Crippen LogP) is 2.61. The van der Waals surface area contributed by atoms with Crippen LogP contribution in [0.25, 0.3) is 10.2 Å². The predicted molar refractivity (Wildman–Crippen MR) is 82.2 cm³/mol. The van der Waals surface area contributed by atoms with Crippen molar-refractivity contribution in [1.82, 2.24) is 10.3 Å². The zero-order valence-electron chi connectivity index (χ0n) is 11.7. The van der Waals surface area contributed by atoms with Crippen molar-refractivity contribution in [2.45, 2.75) is 18.9 Å². The lowest BCUT2D eigenvalue weighted by atomic mass is 10.1. The molecule has 0 aliphatic carbocycles. The largest absolute Gasteiger partial charge is 0.497 e. The zero-order valence-corrected chi connectivity index (χ0v) is 12.5. The minimum absolute atomic E-state index is 0.174. The molecule has 6 nitrogen and oxygen atoms in total. The number of fused-ring (bicyclic) bond motifs is 1. The maximum atomic E-state index is 12.0. The summed E-state index contributed by atoms with van der Waals surface area (Å²) in [5.41, 5.74) is 0.849. The number of carbonyl (C=O) groups excluding carboxylic acids is 1. The average molecular weight is 307 g/mol. The van der Waals surface area contributed by atoms with Crippen LogP contribution in [0.15, 0.2) is 18.2 Å². The monoisotopic (exact) mass is 307 g/mol. The van der Waals surface area contributed by atoms with E-state index >= 15 is 0 Å². The van der Waals surface area contributed by atoms with Crippen molar-refractivity contribution in [3.8, 4) is 5.75 Å². The molecule has 3 rings (SSSR count). The highest BCUT2D eigenvalue weighted by molar-refractivity contribution is 7.22. The number of thiazole rings is 1. The molecular formula is C14H17N3O3S. The Morgan fingerprint density at radius 3 is 3.00 bits per heavy atom. The number of hydrogen-bond donors (Lipinski definition) is 2. The first-order valence-corrected chi connectivity index (χ1v) is 7.66. The van der Waals surface area contributed by atoms with Gasteiger partial charge in [-0.15, -0.1) is 0 Å². The van der Waals surface area contributed by atoms with Gasteiger partial charge in [-0.3, -0.25) is 5.32 Å². The summed E-state index contributed by atoms with van der Waals surface area (Å²) >= 11 is 1.43. The molecule has 2 amide bonds. The fraction of sp³-hybridized carbons (Fsp3) is 0.429. The van der Waals surface area contributed by atoms with Gasteiger partial charge in [0.1, 0.15) is 5.75 Å². The number of ether oxygens (including phenoxy) is 2. The van der Waals surface area contributed by atoms with E-state index in [1.807, 2.05) is 18.2 Å². The maximum Gasteiger partial charge on any atom is 0.321 e. The van der Waals surface area contributed by atoms with Crippen LogP contribution in [0.1, 0.15) is 12.8 Å². The first kappa shape index (κ1) is 14.1. The van der Waals surface area contributed by atoms with Crippen LogP contribution in [0, 0.1) is 0 Å². The smallest absolute Gasteiger partial charge is 0.321 e. The van der Waals surface area contributed by atoms with Crippen LogP contribution in [-0.2, 0) is 4.74 Å². The van der Waals surface area contributed by atoms with Gasteiger partial charge < -0.3 is 14.8 Å². The lowest BCUT2D eigenvalue weighted by Crippen LogP contribution is -2.41. The molecule has 2 aromatic rings. The number of amides is 2. The lowest BCUT2D eigenvalue weighted by molar-refractivity contribution is 0.0806. The van der Waals surface area contributed by atoms with Crippen molar-refractivity contribution < 1.29 is 14.3 Å². The van der Waals surface area contributed by atoms with E-state index in [2.05, 4.69) is 15.6 Å². The number of carbonyl (C=O) groups is 1. The van der Waals surface area contributed by atoms with E-state index in [0.29, 0.717) is 18.3 Å². The molecule has 2 N–H and O–H groups in total. The van der Waals surface area contributed by atoms with Crippen LogP contribution in [0.3, 0.4) is 0 Å². The summed E-state index contributed by atoms with van der Waals surface area (Å²) < 4.78 is 11.4. The minimum Gasteiger partial charge on any atom is -0.497 e. The molecule has 1 aliphatic rings. The molecule has 21 heavy (non-hydrogen) atoms. The highest BCUT2D eigenvalue weighted by atomic mass is 32.1. The Balaban J connectivity index is 1.65. The molecule has 1 aliphatic heterocycles. The number of methoxy groups -OCH3 is 1. The molecule has 1 fully saturated rings. The van der Waals surface area contributed by atoms with Crippen molar-refractivity contribution >= 4 is 32.7 Å². The third kappa shape index (κ3) is 3.43. The van der Waals surface area contributed by atoms with E-state index in [4.69, 9.17) is 9.47 Å². The van der Waals surface area contributed by atoms with Crippen LogP contribution < -0.4 is 15.4 Å². The molecular weight excluding hydrogens is 290 g/mol. The summed E-state index contributed by atoms with van der Waals surface area (Å²) in [6, 6.07) is 5.61. The quantitative estimate of drug-likeness (QED) is 0.914. The SMILES string of the molecule is COc1ccc2nc(NC(=O)NC3CCOCC3)sc2c1. The molecule has 1 saturated heterocycles. The van der Waals surface area contributed by atoms with Crippen LogP contribution in [0.5, 0.6) is 5.75 Å². The van der Waals surface area contributed by atoms with Crippen molar-refractivity contribution in [2.24, 2.45) is 0 Å². The molecule has 0 saturated carbocycles. The minimum atomic E-state index is -0.215. The van der Waals surface area contributed by atoms with Crippen LogP contribution in [0.2, 0.25) is 0 Å². The van der Waals surface area contributed by atoms with E-state index in [0.717, 1.165) is 28.8 Å². The van der Waals surface area contributed by atoms with Crippen LogP contribution in [0.4, 0.5) is 9.93 Å². The number of nitrogens with one attached hydrogen (secondary N) is 2. The molecule has 1 aromatic carbocycles. The molecule has 112 valence electrons. The third-order valence-corrected chi connectivity index (χ3v) is 4.31. The Labute approximate surface area is 126 Å². The van der Waals surface area contributed by atoms with Crippen LogP contribution >= 0.6 is 11.3 Å². The Kier molecular flexibility index (Phi) is 4.21. The van der Waals surface area contributed by atoms with Crippen molar-refractivity contribution in [1.29, 1.82) is 0 Å². The average Bonchev–Trinajstić information content (AvgIpc) is 2.89. The number of hydrogen-bond acceptors (Lipinski definition) is 5. The van der Waals surface area contributed by atoms with E-state index in [1.54, 1.807) is 7.11 Å². The van der Waals surface area contributed by atoms with Gasteiger partial charge in [0.05, 0.1) is 17.3 Å². The molecule has 0 unspecified atom stereocenters. The Bertz CT molecular complexity index is 637. The van der Waals surface area contributed by atoms with E-state index in [9.17, 15) is 4.79 Å². The highest BCUT2D eigenvalue weighted by Gasteiger charge is 2.16. The summed E-state index contributed by atoms with van der Waals surface area (Å²) in [6.45, 7) is 1.40. The van der Waals surface area contributed by atoms with Crippen LogP contribution in [-0.4, -0.2) is 37.4 Å². The van der Waals surface area contributed by atoms with E-state index < -0.39 is 0 Å². The highest BCUT2D eigenvalue weighted by Crippen LogP contribution is 2.29. The number of urea groups is 1. The lowest BCUT2D eigenvalue weighted by Gasteiger charge is -2.22. The normalized spacial score (nSPS) is 15.9. The van der Waals surface area contributed by atoms with Gasteiger partial charge >= 0.3 is 6.03 Å². The maximum absolute atomic E-state index is 12.0. The zero-order chi connectivity index (χ0) is 14.7. The summed E-state index contributed by atoms with van der Waals surface area (Å²) in [6.07, 6.45) is 1.70. The second-order valence-corrected chi connectivity index (χ2v) is 5.87. The fourth-order valence-corrected chi connectivity index (χ4v) is 3.14. The van der Waals surface area contributed by atoms with Gasteiger partial charge in [-0.05, 0) is 31.0 Å². The first-order chi connectivity index (χ1) is 10.2. The van der Waals surface area contributed by atoms with E-state index in [-0.39, 0.29) is 12.1 Å². The standard InChI is InChI=1S/C14H17N3O3S/c1-19-10-2-3-11-12(8-10)21-14(16-11)17-13(18)15-9-4-6-20-7-5-9/h2-3,8-9H,4-7H2,1H3,(H2,15,16,17,18).